The maximum Gasteiger partial charge on any atom is 0.339 e. The number of nitrogens with zero attached hydrogens (tertiary/aromatic N) is 2. The topological polar surface area (TPSA) is 70.4 Å². The summed E-state index contributed by atoms with van der Waals surface area (Å²) in [5.74, 6) is -0.134. The molecule has 172 valence electrons. The Hall–Kier alpha value is -3.56. The largest absolute Gasteiger partial charge is 0.452 e. The number of carbonyl (C=O) groups excluding carboxylic acids is 2. The van der Waals surface area contributed by atoms with E-state index in [0.29, 0.717) is 35.0 Å². The van der Waals surface area contributed by atoms with Crippen LogP contribution in [-0.4, -0.2) is 36.5 Å². The second-order valence-corrected chi connectivity index (χ2v) is 9.38. The first-order valence-electron chi connectivity index (χ1n) is 11.4. The molecular weight excluding hydrogens is 444 g/mol. The third-order valence-corrected chi connectivity index (χ3v) is 7.15. The summed E-state index contributed by atoms with van der Waals surface area (Å²) < 4.78 is 5.39. The predicted octanol–water partition coefficient (Wildman–Crippen LogP) is 5.35. The van der Waals surface area contributed by atoms with Gasteiger partial charge >= 0.3 is 5.97 Å². The first-order chi connectivity index (χ1) is 16.6. The van der Waals surface area contributed by atoms with Crippen LogP contribution in [0.2, 0.25) is 0 Å². The number of likely N-dealkylation sites (tertiary alicyclic amines) is 1. The molecule has 0 spiro atoms. The van der Waals surface area contributed by atoms with Crippen LogP contribution in [0.5, 0.6) is 0 Å². The van der Waals surface area contributed by atoms with Gasteiger partial charge in [-0.1, -0.05) is 66.4 Å². The van der Waals surface area contributed by atoms with Crippen molar-refractivity contribution in [2.45, 2.75) is 29.1 Å². The standard InChI is InChI=1S/C28H26N2O3S/c29-19-23-10-4-6-12-25(23)34-26-13-7-5-11-24(26)28(32)33-20-27(31)30-16-14-22(15-17-30)18-21-8-2-1-3-9-21/h1-13,22H,14-18,20H2. The van der Waals surface area contributed by atoms with E-state index < -0.39 is 5.97 Å². The first-order valence-corrected chi connectivity index (χ1v) is 12.2. The second kappa shape index (κ2) is 11.5. The highest BCUT2D eigenvalue weighted by molar-refractivity contribution is 7.99. The molecule has 0 saturated carbocycles. The maximum absolute atomic E-state index is 12.8. The Balaban J connectivity index is 1.30. The average Bonchev–Trinajstić information content (AvgIpc) is 2.89. The van der Waals surface area contributed by atoms with E-state index in [4.69, 9.17) is 4.74 Å². The molecule has 1 aliphatic rings. The molecule has 34 heavy (non-hydrogen) atoms. The molecule has 0 aliphatic carbocycles. The van der Waals surface area contributed by atoms with E-state index in [1.165, 1.54) is 17.3 Å². The summed E-state index contributed by atoms with van der Waals surface area (Å²) in [6, 6.07) is 26.9. The molecule has 0 N–H and O–H groups in total. The van der Waals surface area contributed by atoms with E-state index in [1.54, 1.807) is 29.2 Å². The Morgan fingerprint density at radius 1 is 0.912 bits per heavy atom. The summed E-state index contributed by atoms with van der Waals surface area (Å²) in [6.07, 6.45) is 2.93. The molecule has 0 bridgehead atoms. The van der Waals surface area contributed by atoms with Crippen molar-refractivity contribution in [2.75, 3.05) is 19.7 Å². The van der Waals surface area contributed by atoms with Gasteiger partial charge in [0.25, 0.3) is 5.91 Å². The van der Waals surface area contributed by atoms with Gasteiger partial charge in [0, 0.05) is 22.9 Å². The molecule has 3 aromatic carbocycles. The summed E-state index contributed by atoms with van der Waals surface area (Å²) >= 11 is 1.34. The van der Waals surface area contributed by atoms with Crippen LogP contribution in [0.1, 0.15) is 34.3 Å². The minimum absolute atomic E-state index is 0.161. The molecule has 1 amide bonds. The van der Waals surface area contributed by atoms with Crippen molar-refractivity contribution >= 4 is 23.6 Å². The van der Waals surface area contributed by atoms with E-state index in [9.17, 15) is 14.9 Å². The van der Waals surface area contributed by atoms with Gasteiger partial charge in [0.2, 0.25) is 0 Å². The zero-order chi connectivity index (χ0) is 23.8. The molecule has 0 atom stereocenters. The molecule has 6 heteroatoms. The van der Waals surface area contributed by atoms with Crippen molar-refractivity contribution in [2.24, 2.45) is 5.92 Å². The number of nitriles is 1. The predicted molar refractivity (Wildman–Crippen MR) is 131 cm³/mol. The Bertz CT molecular complexity index is 1180. The van der Waals surface area contributed by atoms with Crippen LogP contribution in [-0.2, 0) is 16.0 Å². The smallest absolute Gasteiger partial charge is 0.339 e. The second-order valence-electron chi connectivity index (χ2n) is 8.30. The van der Waals surface area contributed by atoms with Crippen molar-refractivity contribution in [3.05, 3.63) is 95.6 Å². The molecule has 1 saturated heterocycles. The summed E-state index contributed by atoms with van der Waals surface area (Å²) in [7, 11) is 0. The fraction of sp³-hybridized carbons (Fsp3) is 0.250. The Morgan fingerprint density at radius 2 is 1.56 bits per heavy atom. The van der Waals surface area contributed by atoms with Gasteiger partial charge in [-0.25, -0.2) is 4.79 Å². The number of hydrogen-bond acceptors (Lipinski definition) is 5. The zero-order valence-electron chi connectivity index (χ0n) is 18.9. The van der Waals surface area contributed by atoms with Gasteiger partial charge in [-0.2, -0.15) is 5.26 Å². The van der Waals surface area contributed by atoms with E-state index in [-0.39, 0.29) is 12.5 Å². The Morgan fingerprint density at radius 3 is 2.29 bits per heavy atom. The summed E-state index contributed by atoms with van der Waals surface area (Å²) in [4.78, 5) is 28.7. The van der Waals surface area contributed by atoms with E-state index in [0.717, 1.165) is 24.2 Å². The third kappa shape index (κ3) is 6.06. The minimum atomic E-state index is -0.537. The molecule has 0 unspecified atom stereocenters. The van der Waals surface area contributed by atoms with Crippen LogP contribution in [0.15, 0.2) is 88.7 Å². The number of piperidine rings is 1. The van der Waals surface area contributed by atoms with Crippen LogP contribution < -0.4 is 0 Å². The first kappa shape index (κ1) is 23.6. The lowest BCUT2D eigenvalue weighted by molar-refractivity contribution is -0.135. The van der Waals surface area contributed by atoms with Crippen LogP contribution in [0.25, 0.3) is 0 Å². The Labute approximate surface area is 204 Å². The lowest BCUT2D eigenvalue weighted by Crippen LogP contribution is -2.41. The molecule has 1 aliphatic heterocycles. The highest BCUT2D eigenvalue weighted by Crippen LogP contribution is 2.33. The fourth-order valence-electron chi connectivity index (χ4n) is 4.12. The monoisotopic (exact) mass is 470 g/mol. The molecule has 5 nitrogen and oxygen atoms in total. The van der Waals surface area contributed by atoms with E-state index in [1.807, 2.05) is 30.3 Å². The van der Waals surface area contributed by atoms with Crippen LogP contribution >= 0.6 is 11.8 Å². The molecule has 0 radical (unpaired) electrons. The molecule has 1 fully saturated rings. The van der Waals surface area contributed by atoms with Gasteiger partial charge in [0.15, 0.2) is 6.61 Å². The van der Waals surface area contributed by atoms with Gasteiger partial charge in [-0.3, -0.25) is 4.79 Å². The quantitative estimate of drug-likeness (QED) is 0.436. The van der Waals surface area contributed by atoms with Crippen molar-refractivity contribution in [3.63, 3.8) is 0 Å². The number of hydrogen-bond donors (Lipinski definition) is 0. The molecule has 0 aromatic heterocycles. The summed E-state index contributed by atoms with van der Waals surface area (Å²) in [6.45, 7) is 1.10. The average molecular weight is 471 g/mol. The van der Waals surface area contributed by atoms with Gasteiger partial charge in [-0.05, 0) is 55.0 Å². The maximum atomic E-state index is 12.8. The number of amides is 1. The third-order valence-electron chi connectivity index (χ3n) is 6.00. The lowest BCUT2D eigenvalue weighted by atomic mass is 9.90. The van der Waals surface area contributed by atoms with E-state index in [2.05, 4.69) is 30.3 Å². The number of benzene rings is 3. The van der Waals surface area contributed by atoms with Crippen molar-refractivity contribution in [1.82, 2.24) is 4.90 Å². The molecule has 4 rings (SSSR count). The summed E-state index contributed by atoms with van der Waals surface area (Å²) in [5.41, 5.74) is 2.26. The van der Waals surface area contributed by atoms with Gasteiger partial charge < -0.3 is 9.64 Å². The number of ether oxygens (including phenoxy) is 1. The van der Waals surface area contributed by atoms with Crippen LogP contribution in [0, 0.1) is 17.2 Å². The zero-order valence-corrected chi connectivity index (χ0v) is 19.7. The lowest BCUT2D eigenvalue weighted by Gasteiger charge is -2.32. The number of esters is 1. The normalized spacial score (nSPS) is 13.8. The Kier molecular flexibility index (Phi) is 8.00. The molecular formula is C28H26N2O3S. The number of carbonyl (C=O) groups is 2. The van der Waals surface area contributed by atoms with Crippen LogP contribution in [0.3, 0.4) is 0 Å². The van der Waals surface area contributed by atoms with Gasteiger partial charge in [0.1, 0.15) is 6.07 Å². The van der Waals surface area contributed by atoms with Gasteiger partial charge in [0.05, 0.1) is 11.1 Å². The molecule has 1 heterocycles. The SMILES string of the molecule is N#Cc1ccccc1Sc1ccccc1C(=O)OCC(=O)N1CCC(Cc2ccccc2)CC1. The van der Waals surface area contributed by atoms with Crippen molar-refractivity contribution in [1.29, 1.82) is 5.26 Å². The van der Waals surface area contributed by atoms with Gasteiger partial charge in [-0.15, -0.1) is 0 Å². The fourth-order valence-corrected chi connectivity index (χ4v) is 5.14. The van der Waals surface area contributed by atoms with Crippen molar-refractivity contribution in [3.8, 4) is 6.07 Å². The summed E-state index contributed by atoms with van der Waals surface area (Å²) in [5, 5.41) is 9.34. The van der Waals surface area contributed by atoms with Crippen molar-refractivity contribution < 1.29 is 14.3 Å². The van der Waals surface area contributed by atoms with Crippen LogP contribution in [0.4, 0.5) is 0 Å². The molecule has 3 aromatic rings. The van der Waals surface area contributed by atoms with E-state index >= 15 is 0 Å². The number of rotatable bonds is 7. The minimum Gasteiger partial charge on any atom is -0.452 e. The highest BCUT2D eigenvalue weighted by atomic mass is 32.2. The highest BCUT2D eigenvalue weighted by Gasteiger charge is 2.24.